The molecule has 1 rings (SSSR count). The lowest BCUT2D eigenvalue weighted by atomic mass is 10.2. The molecule has 0 saturated carbocycles. The smallest absolute Gasteiger partial charge is 0.387 e. The van der Waals surface area contributed by atoms with Gasteiger partial charge in [-0.1, -0.05) is 15.9 Å². The molecule has 0 aliphatic carbocycles. The van der Waals surface area contributed by atoms with Crippen LogP contribution in [-0.4, -0.2) is 19.6 Å². The number of hydrogen-bond acceptors (Lipinski definition) is 2. The van der Waals surface area contributed by atoms with Crippen LogP contribution in [0.3, 0.4) is 0 Å². The fourth-order valence-corrected chi connectivity index (χ4v) is 1.57. The Labute approximate surface area is 129 Å². The quantitative estimate of drug-likeness (QED) is 0.434. The molecule has 0 spiro atoms. The van der Waals surface area contributed by atoms with Crippen molar-refractivity contribution in [2.24, 2.45) is 10.7 Å². The highest BCUT2D eigenvalue weighted by Crippen LogP contribution is 2.24. The van der Waals surface area contributed by atoms with Gasteiger partial charge in [0.2, 0.25) is 0 Å². The van der Waals surface area contributed by atoms with Gasteiger partial charge in [0.05, 0.1) is 0 Å². The van der Waals surface area contributed by atoms with Crippen LogP contribution in [0.4, 0.5) is 8.78 Å². The Morgan fingerprint density at radius 2 is 2.22 bits per heavy atom. The molecule has 0 bridgehead atoms. The summed E-state index contributed by atoms with van der Waals surface area (Å²) in [6, 6.07) is 4.76. The van der Waals surface area contributed by atoms with Gasteiger partial charge in [-0.05, 0) is 18.2 Å². The van der Waals surface area contributed by atoms with Gasteiger partial charge >= 0.3 is 6.61 Å². The SMILES string of the molecule is CN=C(N)NCc1cc(Br)ccc1OC(F)F.I. The summed E-state index contributed by atoms with van der Waals surface area (Å²) < 4.78 is 29.5. The number of alkyl halides is 2. The van der Waals surface area contributed by atoms with Gasteiger partial charge in [-0.2, -0.15) is 8.78 Å². The number of ether oxygens (including phenoxy) is 1. The van der Waals surface area contributed by atoms with E-state index in [2.05, 4.69) is 31.0 Å². The zero-order valence-electron chi connectivity index (χ0n) is 9.49. The van der Waals surface area contributed by atoms with E-state index in [4.69, 9.17) is 5.73 Å². The number of guanidine groups is 1. The molecule has 1 aromatic rings. The van der Waals surface area contributed by atoms with E-state index in [1.165, 1.54) is 13.1 Å². The first kappa shape index (κ1) is 17.4. The van der Waals surface area contributed by atoms with Crippen molar-refractivity contribution in [2.45, 2.75) is 13.2 Å². The van der Waals surface area contributed by atoms with Crippen molar-refractivity contribution in [3.05, 3.63) is 28.2 Å². The van der Waals surface area contributed by atoms with Crippen LogP contribution in [0.1, 0.15) is 5.56 Å². The largest absolute Gasteiger partial charge is 0.434 e. The minimum atomic E-state index is -2.85. The predicted molar refractivity (Wildman–Crippen MR) is 80.6 cm³/mol. The van der Waals surface area contributed by atoms with E-state index in [0.29, 0.717) is 5.56 Å². The Kier molecular flexibility index (Phi) is 8.16. The molecule has 18 heavy (non-hydrogen) atoms. The summed E-state index contributed by atoms with van der Waals surface area (Å²) in [5.41, 5.74) is 6.01. The molecule has 0 amide bonds. The molecule has 4 nitrogen and oxygen atoms in total. The first-order chi connectivity index (χ1) is 8.02. The highest BCUT2D eigenvalue weighted by molar-refractivity contribution is 14.0. The molecule has 3 N–H and O–H groups in total. The molecule has 0 aliphatic heterocycles. The summed E-state index contributed by atoms with van der Waals surface area (Å²) in [5.74, 6) is 0.340. The van der Waals surface area contributed by atoms with E-state index in [-0.39, 0.29) is 42.2 Å². The maximum absolute atomic E-state index is 12.2. The number of halogens is 4. The third-order valence-corrected chi connectivity index (χ3v) is 2.43. The molecule has 8 heteroatoms. The summed E-state index contributed by atoms with van der Waals surface area (Å²) in [7, 11) is 1.53. The Morgan fingerprint density at radius 1 is 1.56 bits per heavy atom. The van der Waals surface area contributed by atoms with E-state index in [9.17, 15) is 8.78 Å². The molecule has 0 heterocycles. The second kappa shape index (κ2) is 8.46. The lowest BCUT2D eigenvalue weighted by molar-refractivity contribution is -0.0504. The van der Waals surface area contributed by atoms with Crippen molar-refractivity contribution in [2.75, 3.05) is 7.05 Å². The number of nitrogens with two attached hydrogens (primary N) is 1. The van der Waals surface area contributed by atoms with Crippen molar-refractivity contribution < 1.29 is 13.5 Å². The summed E-state index contributed by atoms with van der Waals surface area (Å²) in [6.45, 7) is -2.60. The molecule has 0 atom stereocenters. The summed E-state index contributed by atoms with van der Waals surface area (Å²) in [4.78, 5) is 3.70. The van der Waals surface area contributed by atoms with Gasteiger partial charge in [-0.15, -0.1) is 24.0 Å². The topological polar surface area (TPSA) is 59.6 Å². The van der Waals surface area contributed by atoms with Gasteiger partial charge in [0.1, 0.15) is 5.75 Å². The Bertz CT molecular complexity index is 418. The lowest BCUT2D eigenvalue weighted by Crippen LogP contribution is -2.30. The Morgan fingerprint density at radius 3 is 2.78 bits per heavy atom. The minimum absolute atomic E-state index is 0. The van der Waals surface area contributed by atoms with E-state index in [1.54, 1.807) is 12.1 Å². The van der Waals surface area contributed by atoms with Gasteiger partial charge in [-0.25, -0.2) is 0 Å². The number of aliphatic imine (C=N–C) groups is 1. The van der Waals surface area contributed by atoms with Crippen LogP contribution in [-0.2, 0) is 6.54 Å². The molecule has 0 aromatic heterocycles. The van der Waals surface area contributed by atoms with Crippen LogP contribution in [0.15, 0.2) is 27.7 Å². The van der Waals surface area contributed by atoms with Gasteiger partial charge < -0.3 is 15.8 Å². The summed E-state index contributed by atoms with van der Waals surface area (Å²) in [5, 5.41) is 2.77. The van der Waals surface area contributed by atoms with Crippen LogP contribution in [0.5, 0.6) is 5.75 Å². The molecule has 0 fully saturated rings. The van der Waals surface area contributed by atoms with Crippen molar-refractivity contribution in [3.63, 3.8) is 0 Å². The molecular weight excluding hydrogens is 423 g/mol. The van der Waals surface area contributed by atoms with Crippen molar-refractivity contribution >= 4 is 45.9 Å². The van der Waals surface area contributed by atoms with E-state index in [0.717, 1.165) is 4.47 Å². The third kappa shape index (κ3) is 5.80. The average molecular weight is 436 g/mol. The number of benzene rings is 1. The van der Waals surface area contributed by atoms with Gasteiger partial charge in [0.25, 0.3) is 0 Å². The van der Waals surface area contributed by atoms with E-state index in [1.807, 2.05) is 0 Å². The van der Waals surface area contributed by atoms with Gasteiger partial charge in [-0.3, -0.25) is 4.99 Å². The van der Waals surface area contributed by atoms with Crippen LogP contribution in [0, 0.1) is 0 Å². The van der Waals surface area contributed by atoms with Crippen molar-refractivity contribution in [1.29, 1.82) is 0 Å². The van der Waals surface area contributed by atoms with Crippen LogP contribution in [0.25, 0.3) is 0 Å². The third-order valence-electron chi connectivity index (χ3n) is 1.94. The summed E-state index contributed by atoms with van der Waals surface area (Å²) in [6.07, 6.45) is 0. The predicted octanol–water partition coefficient (Wildman–Crippen LogP) is 2.70. The first-order valence-electron chi connectivity index (χ1n) is 4.72. The van der Waals surface area contributed by atoms with E-state index >= 15 is 0 Å². The zero-order chi connectivity index (χ0) is 12.8. The lowest BCUT2D eigenvalue weighted by Gasteiger charge is -2.12. The monoisotopic (exact) mass is 435 g/mol. The normalized spacial score (nSPS) is 11.1. The number of hydrogen-bond donors (Lipinski definition) is 2. The standard InChI is InChI=1S/C10H12BrF2N3O.HI/c1-15-10(14)16-5-6-4-7(11)2-3-8(6)17-9(12)13;/h2-4,9H,5H2,1H3,(H3,14,15,16);1H. The maximum atomic E-state index is 12.2. The highest BCUT2D eigenvalue weighted by Gasteiger charge is 2.10. The van der Waals surface area contributed by atoms with Crippen molar-refractivity contribution in [1.82, 2.24) is 5.32 Å². The van der Waals surface area contributed by atoms with Crippen LogP contribution < -0.4 is 15.8 Å². The number of nitrogens with zero attached hydrogens (tertiary/aromatic N) is 1. The van der Waals surface area contributed by atoms with Gasteiger partial charge in [0.15, 0.2) is 5.96 Å². The first-order valence-corrected chi connectivity index (χ1v) is 5.51. The maximum Gasteiger partial charge on any atom is 0.387 e. The van der Waals surface area contributed by atoms with Crippen LogP contribution in [0.2, 0.25) is 0 Å². The summed E-state index contributed by atoms with van der Waals surface area (Å²) >= 11 is 3.25. The molecule has 1 aromatic carbocycles. The number of nitrogens with one attached hydrogen (secondary N) is 1. The molecular formula is C10H13BrF2IN3O. The second-order valence-corrected chi connectivity index (χ2v) is 4.01. The Balaban J connectivity index is 0.00000289. The molecule has 0 unspecified atom stereocenters. The van der Waals surface area contributed by atoms with Gasteiger partial charge in [0, 0.05) is 23.6 Å². The number of rotatable bonds is 4. The molecule has 0 radical (unpaired) electrons. The Hall–Kier alpha value is -0.640. The zero-order valence-corrected chi connectivity index (χ0v) is 13.4. The minimum Gasteiger partial charge on any atom is -0.434 e. The van der Waals surface area contributed by atoms with E-state index < -0.39 is 6.61 Å². The average Bonchev–Trinajstić information content (AvgIpc) is 2.28. The highest BCUT2D eigenvalue weighted by atomic mass is 127. The molecule has 102 valence electrons. The van der Waals surface area contributed by atoms with Crippen LogP contribution >= 0.6 is 39.9 Å². The molecule has 0 aliphatic rings. The van der Waals surface area contributed by atoms with Crippen molar-refractivity contribution in [3.8, 4) is 5.75 Å². The second-order valence-electron chi connectivity index (χ2n) is 3.09. The molecule has 0 saturated heterocycles. The fraction of sp³-hybridized carbons (Fsp3) is 0.300. The fourth-order valence-electron chi connectivity index (χ4n) is 1.16.